The molecule has 0 N–H and O–H groups in total. The summed E-state index contributed by atoms with van der Waals surface area (Å²) in [5, 5.41) is -0.437. The largest absolute Gasteiger partial charge is 0.228 e. The molecule has 0 unspecified atom stereocenters. The second-order valence-corrected chi connectivity index (χ2v) is 8.56. The molecule has 0 heterocycles. The van der Waals surface area contributed by atoms with E-state index in [0.29, 0.717) is 12.0 Å². The number of halogens is 3. The molecule has 0 bridgehead atoms. The van der Waals surface area contributed by atoms with Crippen LogP contribution in [-0.4, -0.2) is 13.7 Å². The van der Waals surface area contributed by atoms with Gasteiger partial charge in [-0.3, -0.25) is 0 Å². The number of aryl methyl sites for hydroxylation is 2. The van der Waals surface area contributed by atoms with Crippen molar-refractivity contribution in [2.24, 2.45) is 0 Å². The van der Waals surface area contributed by atoms with Gasteiger partial charge in [0, 0.05) is 0 Å². The lowest BCUT2D eigenvalue weighted by molar-refractivity contribution is 0.441. The third-order valence-corrected chi connectivity index (χ3v) is 6.08. The van der Waals surface area contributed by atoms with Gasteiger partial charge in [-0.05, 0) is 49.4 Å². The first-order valence-electron chi connectivity index (χ1n) is 7.62. The second kappa shape index (κ2) is 7.38. The van der Waals surface area contributed by atoms with Gasteiger partial charge in [0.15, 0.2) is 27.3 Å². The number of hydrogen-bond donors (Lipinski definition) is 0. The molecule has 6 heteroatoms. The summed E-state index contributed by atoms with van der Waals surface area (Å²) in [4.78, 5) is 0. The highest BCUT2D eigenvalue weighted by Crippen LogP contribution is 2.18. The van der Waals surface area contributed by atoms with Crippen molar-refractivity contribution >= 4 is 9.84 Å². The van der Waals surface area contributed by atoms with Gasteiger partial charge in [0.25, 0.3) is 0 Å². The summed E-state index contributed by atoms with van der Waals surface area (Å²) in [7, 11) is -3.16. The molecule has 0 saturated heterocycles. The first-order chi connectivity index (χ1) is 11.2. The highest BCUT2D eigenvalue weighted by molar-refractivity contribution is 7.91. The Morgan fingerprint density at radius 3 is 2.00 bits per heavy atom. The normalized spacial score (nSPS) is 11.9. The molecule has 0 atom stereocenters. The molecule has 0 radical (unpaired) electrons. The van der Waals surface area contributed by atoms with Crippen LogP contribution in [0.3, 0.4) is 0 Å². The van der Waals surface area contributed by atoms with Crippen LogP contribution in [-0.2, 0) is 28.4 Å². The van der Waals surface area contributed by atoms with Crippen LogP contribution in [0.4, 0.5) is 13.2 Å². The summed E-state index contributed by atoms with van der Waals surface area (Å²) < 4.78 is 63.5. The molecule has 0 saturated carbocycles. The van der Waals surface area contributed by atoms with E-state index in [4.69, 9.17) is 0 Å². The molecule has 2 aromatic carbocycles. The average molecular weight is 356 g/mol. The summed E-state index contributed by atoms with van der Waals surface area (Å²) >= 11 is 0. The summed E-state index contributed by atoms with van der Waals surface area (Å²) in [6.45, 7) is 3.28. The van der Waals surface area contributed by atoms with Gasteiger partial charge in [-0.25, -0.2) is 21.6 Å². The number of hydrogen-bond acceptors (Lipinski definition) is 2. The Morgan fingerprint density at radius 2 is 1.42 bits per heavy atom. The lowest BCUT2D eigenvalue weighted by Gasteiger charge is -2.09. The Bertz CT molecular complexity index is 813. The van der Waals surface area contributed by atoms with E-state index in [1.165, 1.54) is 6.07 Å². The zero-order chi connectivity index (χ0) is 17.9. The third kappa shape index (κ3) is 4.38. The molecule has 2 aromatic rings. The van der Waals surface area contributed by atoms with Gasteiger partial charge in [0.2, 0.25) is 0 Å². The maximum Gasteiger partial charge on any atom is 0.194 e. The first kappa shape index (κ1) is 18.5. The fourth-order valence-corrected chi connectivity index (χ4v) is 3.23. The van der Waals surface area contributed by atoms with Gasteiger partial charge in [0.05, 0.1) is 11.0 Å². The molecule has 0 aromatic heterocycles. The van der Waals surface area contributed by atoms with E-state index >= 15 is 0 Å². The smallest absolute Gasteiger partial charge is 0.194 e. The van der Waals surface area contributed by atoms with Gasteiger partial charge in [0.1, 0.15) is 0 Å². The molecular weight excluding hydrogens is 337 g/mol. The molecule has 0 aliphatic carbocycles. The van der Waals surface area contributed by atoms with E-state index in [0.717, 1.165) is 11.6 Å². The molecule has 130 valence electrons. The predicted octanol–water partition coefficient (Wildman–Crippen LogP) is 4.21. The molecule has 0 spiro atoms. The van der Waals surface area contributed by atoms with Crippen LogP contribution >= 0.6 is 0 Å². The second-order valence-electron chi connectivity index (χ2n) is 6.01. The van der Waals surface area contributed by atoms with Crippen LogP contribution in [0.2, 0.25) is 0 Å². The maximum atomic E-state index is 13.6. The highest BCUT2D eigenvalue weighted by Gasteiger charge is 2.17. The maximum absolute atomic E-state index is 13.6. The predicted molar refractivity (Wildman–Crippen MR) is 87.9 cm³/mol. The van der Waals surface area contributed by atoms with Crippen molar-refractivity contribution in [2.45, 2.75) is 37.7 Å². The quantitative estimate of drug-likeness (QED) is 0.727. The molecule has 0 aliphatic rings. The topological polar surface area (TPSA) is 34.1 Å². The van der Waals surface area contributed by atoms with Gasteiger partial charge < -0.3 is 0 Å². The minimum absolute atomic E-state index is 0.0251. The van der Waals surface area contributed by atoms with Crippen LogP contribution in [0.1, 0.15) is 30.5 Å². The third-order valence-electron chi connectivity index (χ3n) is 3.91. The van der Waals surface area contributed by atoms with Gasteiger partial charge in [-0.15, -0.1) is 0 Å². The Balaban J connectivity index is 2.04. The highest BCUT2D eigenvalue weighted by atomic mass is 32.2. The lowest BCUT2D eigenvalue weighted by Crippen LogP contribution is -2.15. The summed E-state index contributed by atoms with van der Waals surface area (Å²) in [6, 6.07) is 9.12. The Labute approximate surface area is 140 Å². The van der Waals surface area contributed by atoms with Gasteiger partial charge in [-0.2, -0.15) is 0 Å². The number of benzene rings is 2. The van der Waals surface area contributed by atoms with Gasteiger partial charge in [-0.1, -0.05) is 30.3 Å². The van der Waals surface area contributed by atoms with E-state index in [2.05, 4.69) is 0 Å². The summed E-state index contributed by atoms with van der Waals surface area (Å²) in [6.07, 6.45) is 0.672. The standard InChI is InChI=1S/C18H19F3O2S/c1-12(2)24(22,23)11-14-5-3-13(4-6-14)7-8-15-9-10-16(19)18(21)17(15)20/h3-6,9-10,12H,7-8,11H2,1-2H3. The number of rotatable bonds is 6. The monoisotopic (exact) mass is 356 g/mol. The summed E-state index contributed by atoms with van der Waals surface area (Å²) in [5.74, 6) is -3.84. The zero-order valence-electron chi connectivity index (χ0n) is 13.5. The van der Waals surface area contributed by atoms with Crippen LogP contribution in [0.5, 0.6) is 0 Å². The van der Waals surface area contributed by atoms with Crippen LogP contribution in [0.25, 0.3) is 0 Å². The van der Waals surface area contributed by atoms with Crippen molar-refractivity contribution in [1.29, 1.82) is 0 Å². The zero-order valence-corrected chi connectivity index (χ0v) is 14.3. The molecule has 2 rings (SSSR count). The van der Waals surface area contributed by atoms with Crippen molar-refractivity contribution in [1.82, 2.24) is 0 Å². The molecule has 0 amide bonds. The van der Waals surface area contributed by atoms with Crippen molar-refractivity contribution in [3.05, 3.63) is 70.5 Å². The van der Waals surface area contributed by atoms with Crippen LogP contribution in [0, 0.1) is 17.5 Å². The van der Waals surface area contributed by atoms with Crippen molar-refractivity contribution < 1.29 is 21.6 Å². The number of sulfone groups is 1. The SMILES string of the molecule is CC(C)S(=O)(=O)Cc1ccc(CCc2ccc(F)c(F)c2F)cc1. The van der Waals surface area contributed by atoms with Crippen molar-refractivity contribution in [3.63, 3.8) is 0 Å². The average Bonchev–Trinajstić information content (AvgIpc) is 2.53. The van der Waals surface area contributed by atoms with Crippen molar-refractivity contribution in [2.75, 3.05) is 0 Å². The molecular formula is C18H19F3O2S. The van der Waals surface area contributed by atoms with Crippen molar-refractivity contribution in [3.8, 4) is 0 Å². The minimum Gasteiger partial charge on any atom is -0.228 e. The van der Waals surface area contributed by atoms with Gasteiger partial charge >= 0.3 is 0 Å². The van der Waals surface area contributed by atoms with Crippen LogP contribution in [0.15, 0.2) is 36.4 Å². The Morgan fingerprint density at radius 1 is 0.833 bits per heavy atom. The first-order valence-corrected chi connectivity index (χ1v) is 9.34. The van der Waals surface area contributed by atoms with E-state index in [-0.39, 0.29) is 17.7 Å². The molecule has 24 heavy (non-hydrogen) atoms. The summed E-state index contributed by atoms with van der Waals surface area (Å²) in [5.41, 5.74) is 1.66. The Kier molecular flexibility index (Phi) is 5.70. The molecule has 2 nitrogen and oxygen atoms in total. The molecule has 0 aliphatic heterocycles. The fourth-order valence-electron chi connectivity index (χ4n) is 2.24. The minimum atomic E-state index is -3.16. The van der Waals surface area contributed by atoms with E-state index in [1.807, 2.05) is 0 Å². The van der Waals surface area contributed by atoms with E-state index in [1.54, 1.807) is 38.1 Å². The van der Waals surface area contributed by atoms with E-state index in [9.17, 15) is 21.6 Å². The van der Waals surface area contributed by atoms with E-state index < -0.39 is 32.5 Å². The van der Waals surface area contributed by atoms with Crippen LogP contribution < -0.4 is 0 Å². The fraction of sp³-hybridized carbons (Fsp3) is 0.333. The lowest BCUT2D eigenvalue weighted by atomic mass is 10.0. The Hall–Kier alpha value is -1.82. The molecule has 0 fully saturated rings.